The largest absolute Gasteiger partial charge is 0.491 e. The molecular weight excluding hydrogens is 376 g/mol. The van der Waals surface area contributed by atoms with E-state index in [0.29, 0.717) is 19.8 Å². The van der Waals surface area contributed by atoms with Crippen LogP contribution in [0.25, 0.3) is 5.57 Å². The molecule has 0 spiro atoms. The van der Waals surface area contributed by atoms with Crippen molar-refractivity contribution < 1.29 is 19.3 Å². The molecule has 162 valence electrons. The Morgan fingerprint density at radius 2 is 1.43 bits per heavy atom. The minimum absolute atomic E-state index is 0.0320. The fraction of sp³-hybridized carbons (Fsp3) is 0.462. The molecule has 0 aromatic heterocycles. The van der Waals surface area contributed by atoms with Gasteiger partial charge in [-0.25, -0.2) is 0 Å². The third kappa shape index (κ3) is 6.18. The molecule has 0 unspecified atom stereocenters. The van der Waals surface area contributed by atoms with E-state index in [1.807, 2.05) is 12.1 Å². The van der Waals surface area contributed by atoms with Crippen LogP contribution in [0.3, 0.4) is 0 Å². The van der Waals surface area contributed by atoms with Crippen molar-refractivity contribution >= 4 is 5.57 Å². The molecule has 1 aliphatic rings. The summed E-state index contributed by atoms with van der Waals surface area (Å²) in [5.74, 6) is 0.816. The minimum atomic E-state index is -0.200. The summed E-state index contributed by atoms with van der Waals surface area (Å²) in [7, 11) is 0. The molecule has 4 heteroatoms. The van der Waals surface area contributed by atoms with Crippen LogP contribution >= 0.6 is 0 Å². The van der Waals surface area contributed by atoms with E-state index >= 15 is 0 Å². The highest BCUT2D eigenvalue weighted by atomic mass is 16.5. The van der Waals surface area contributed by atoms with Crippen molar-refractivity contribution in [3.8, 4) is 5.75 Å². The fourth-order valence-electron chi connectivity index (χ4n) is 4.37. The van der Waals surface area contributed by atoms with Crippen LogP contribution in [-0.2, 0) is 9.47 Å². The van der Waals surface area contributed by atoms with E-state index in [4.69, 9.17) is 19.3 Å². The number of hydrogen-bond acceptors (Lipinski definition) is 4. The summed E-state index contributed by atoms with van der Waals surface area (Å²) >= 11 is 0. The topological polar surface area (TPSA) is 47.9 Å². The number of rotatable bonds is 8. The van der Waals surface area contributed by atoms with Crippen LogP contribution in [0.5, 0.6) is 5.75 Å². The molecule has 1 saturated heterocycles. The Labute approximate surface area is 180 Å². The molecule has 1 heterocycles. The van der Waals surface area contributed by atoms with E-state index in [1.54, 1.807) is 0 Å². The van der Waals surface area contributed by atoms with Gasteiger partial charge in [0.05, 0.1) is 31.0 Å². The Bertz CT molecular complexity index is 817. The van der Waals surface area contributed by atoms with Crippen LogP contribution in [0.15, 0.2) is 60.2 Å². The lowest BCUT2D eigenvalue weighted by Gasteiger charge is -2.43. The van der Waals surface area contributed by atoms with Gasteiger partial charge < -0.3 is 19.3 Å². The third-order valence-corrected chi connectivity index (χ3v) is 5.12. The zero-order valence-electron chi connectivity index (χ0n) is 18.6. The molecular formula is C26H34O4. The molecule has 1 N–H and O–H groups in total. The highest BCUT2D eigenvalue weighted by molar-refractivity contribution is 5.82. The molecule has 1 fully saturated rings. The lowest BCUT2D eigenvalue weighted by atomic mass is 9.79. The highest BCUT2D eigenvalue weighted by Crippen LogP contribution is 2.43. The van der Waals surface area contributed by atoms with Gasteiger partial charge in [0.15, 0.2) is 0 Å². The quantitative estimate of drug-likeness (QED) is 0.604. The normalized spacial score (nSPS) is 17.6. The number of benzene rings is 2. The first-order valence-corrected chi connectivity index (χ1v) is 10.7. The van der Waals surface area contributed by atoms with Crippen molar-refractivity contribution in [2.45, 2.75) is 51.7 Å². The fourth-order valence-corrected chi connectivity index (χ4v) is 4.37. The molecule has 0 radical (unpaired) electrons. The molecule has 0 bridgehead atoms. The van der Waals surface area contributed by atoms with E-state index in [1.165, 1.54) is 22.3 Å². The second-order valence-corrected chi connectivity index (χ2v) is 9.03. The van der Waals surface area contributed by atoms with Crippen molar-refractivity contribution in [2.75, 3.05) is 26.4 Å². The van der Waals surface area contributed by atoms with Gasteiger partial charge in [-0.15, -0.1) is 0 Å². The van der Waals surface area contributed by atoms with Gasteiger partial charge in [-0.05, 0) is 69.4 Å². The van der Waals surface area contributed by atoms with Gasteiger partial charge in [0.1, 0.15) is 12.4 Å². The Hall–Kier alpha value is -2.14. The molecule has 0 saturated carbocycles. The number of aliphatic hydroxyl groups excluding tert-OH is 1. The maximum atomic E-state index is 8.75. The Morgan fingerprint density at radius 1 is 0.833 bits per heavy atom. The molecule has 3 rings (SSSR count). The van der Waals surface area contributed by atoms with E-state index < -0.39 is 0 Å². The van der Waals surface area contributed by atoms with Crippen LogP contribution in [-0.4, -0.2) is 42.7 Å². The van der Waals surface area contributed by atoms with Gasteiger partial charge in [-0.3, -0.25) is 0 Å². The van der Waals surface area contributed by atoms with Gasteiger partial charge in [0, 0.05) is 0 Å². The average molecular weight is 411 g/mol. The lowest BCUT2D eigenvalue weighted by Crippen LogP contribution is -2.42. The smallest absolute Gasteiger partial charge is 0.119 e. The Balaban J connectivity index is 1.89. The highest BCUT2D eigenvalue weighted by Gasteiger charge is 2.37. The van der Waals surface area contributed by atoms with Crippen LogP contribution in [0.1, 0.15) is 51.7 Å². The molecule has 0 aliphatic carbocycles. The zero-order chi connectivity index (χ0) is 21.6. The molecule has 1 aliphatic heterocycles. The van der Waals surface area contributed by atoms with Crippen molar-refractivity contribution in [2.24, 2.45) is 0 Å². The van der Waals surface area contributed by atoms with Crippen molar-refractivity contribution in [3.63, 3.8) is 0 Å². The van der Waals surface area contributed by atoms with Crippen LogP contribution < -0.4 is 4.74 Å². The standard InChI is InChI=1S/C26H34O4/c1-25(2)18-22(19-26(3,4)30-25)24(20-8-6-5-7-9-20)21-10-12-23(13-11-21)29-17-16-28-15-14-27/h5-13,27H,14-19H2,1-4H3. The lowest BCUT2D eigenvalue weighted by molar-refractivity contribution is -0.138. The van der Waals surface area contributed by atoms with Gasteiger partial charge in [-0.2, -0.15) is 0 Å². The maximum Gasteiger partial charge on any atom is 0.119 e. The van der Waals surface area contributed by atoms with Crippen molar-refractivity contribution in [3.05, 3.63) is 71.3 Å². The predicted octanol–water partition coefficient (Wildman–Crippen LogP) is 5.24. The molecule has 2 aromatic rings. The van der Waals surface area contributed by atoms with Gasteiger partial charge in [0.2, 0.25) is 0 Å². The van der Waals surface area contributed by atoms with E-state index in [0.717, 1.165) is 18.6 Å². The van der Waals surface area contributed by atoms with Crippen molar-refractivity contribution in [1.29, 1.82) is 0 Å². The summed E-state index contributed by atoms with van der Waals surface area (Å²) in [6, 6.07) is 18.9. The molecule has 4 nitrogen and oxygen atoms in total. The summed E-state index contributed by atoms with van der Waals surface area (Å²) < 4.78 is 17.3. The Kier molecular flexibility index (Phi) is 7.35. The second-order valence-electron chi connectivity index (χ2n) is 9.03. The first-order valence-electron chi connectivity index (χ1n) is 10.7. The summed E-state index contributed by atoms with van der Waals surface area (Å²) in [4.78, 5) is 0. The molecule has 30 heavy (non-hydrogen) atoms. The monoisotopic (exact) mass is 410 g/mol. The third-order valence-electron chi connectivity index (χ3n) is 5.12. The average Bonchev–Trinajstić information content (AvgIpc) is 2.68. The SMILES string of the molecule is CC1(C)CC(=C(c2ccccc2)c2ccc(OCCOCCO)cc2)CC(C)(C)O1. The number of ether oxygens (including phenoxy) is 3. The van der Waals surface area contributed by atoms with Gasteiger partial charge in [0.25, 0.3) is 0 Å². The summed E-state index contributed by atoms with van der Waals surface area (Å²) in [5, 5.41) is 8.75. The summed E-state index contributed by atoms with van der Waals surface area (Å²) in [6.45, 7) is 9.99. The number of aliphatic hydroxyl groups is 1. The van der Waals surface area contributed by atoms with Crippen LogP contribution in [0, 0.1) is 0 Å². The van der Waals surface area contributed by atoms with Crippen LogP contribution in [0.4, 0.5) is 0 Å². The first kappa shape index (κ1) is 22.5. The molecule has 0 amide bonds. The second kappa shape index (κ2) is 9.78. The van der Waals surface area contributed by atoms with E-state index in [-0.39, 0.29) is 17.8 Å². The van der Waals surface area contributed by atoms with Crippen LogP contribution in [0.2, 0.25) is 0 Å². The zero-order valence-corrected chi connectivity index (χ0v) is 18.6. The van der Waals surface area contributed by atoms with Gasteiger partial charge >= 0.3 is 0 Å². The minimum Gasteiger partial charge on any atom is -0.491 e. The van der Waals surface area contributed by atoms with E-state index in [2.05, 4.69) is 70.2 Å². The van der Waals surface area contributed by atoms with E-state index in [9.17, 15) is 0 Å². The molecule has 0 atom stereocenters. The first-order chi connectivity index (χ1) is 14.3. The Morgan fingerprint density at radius 3 is 2.03 bits per heavy atom. The van der Waals surface area contributed by atoms with Gasteiger partial charge in [-0.1, -0.05) is 48.0 Å². The van der Waals surface area contributed by atoms with Crippen molar-refractivity contribution in [1.82, 2.24) is 0 Å². The summed E-state index contributed by atoms with van der Waals surface area (Å²) in [5.41, 5.74) is 4.73. The predicted molar refractivity (Wildman–Crippen MR) is 121 cm³/mol. The molecule has 2 aromatic carbocycles. The summed E-state index contributed by atoms with van der Waals surface area (Å²) in [6.07, 6.45) is 1.81. The maximum absolute atomic E-state index is 8.75. The number of hydrogen-bond donors (Lipinski definition) is 1.